The zero-order valence-corrected chi connectivity index (χ0v) is 15.2. The van der Waals surface area contributed by atoms with E-state index in [1.807, 2.05) is 0 Å². The summed E-state index contributed by atoms with van der Waals surface area (Å²) in [4.78, 5) is 11.6. The van der Waals surface area contributed by atoms with Gasteiger partial charge in [0.25, 0.3) is 10.0 Å². The van der Waals surface area contributed by atoms with Crippen molar-refractivity contribution < 1.29 is 27.8 Å². The molecule has 0 fully saturated rings. The second-order valence-corrected chi connectivity index (χ2v) is 6.84. The highest BCUT2D eigenvalue weighted by Crippen LogP contribution is 2.26. The summed E-state index contributed by atoms with van der Waals surface area (Å²) in [6, 6.07) is 10.5. The van der Waals surface area contributed by atoms with Crippen molar-refractivity contribution in [2.45, 2.75) is 4.90 Å². The van der Waals surface area contributed by atoms with Crippen molar-refractivity contribution in [1.29, 1.82) is 0 Å². The molecule has 0 amide bonds. The number of benzene rings is 2. The van der Waals surface area contributed by atoms with E-state index in [-0.39, 0.29) is 29.3 Å². The van der Waals surface area contributed by atoms with Crippen LogP contribution in [0.5, 0.6) is 5.75 Å². The zero-order chi connectivity index (χ0) is 19.2. The fourth-order valence-electron chi connectivity index (χ4n) is 2.20. The Morgan fingerprint density at radius 1 is 1.12 bits per heavy atom. The lowest BCUT2D eigenvalue weighted by Gasteiger charge is -2.15. The van der Waals surface area contributed by atoms with E-state index in [1.165, 1.54) is 32.4 Å². The normalized spacial score (nSPS) is 10.9. The lowest BCUT2D eigenvalue weighted by atomic mass is 10.2. The maximum Gasteiger partial charge on any atom is 0.337 e. The molecule has 0 aliphatic heterocycles. The zero-order valence-electron chi connectivity index (χ0n) is 14.4. The molecule has 0 unspecified atom stereocenters. The van der Waals surface area contributed by atoms with Gasteiger partial charge in [-0.25, -0.2) is 13.2 Å². The van der Waals surface area contributed by atoms with Crippen LogP contribution in [0.2, 0.25) is 0 Å². The Kier molecular flexibility index (Phi) is 6.42. The SMILES string of the molecule is COC(=O)c1ccc(NCCO)c(S(=O)(=O)Nc2ccc(OC)cc2)c1. The molecule has 0 atom stereocenters. The first-order valence-corrected chi connectivity index (χ1v) is 9.13. The van der Waals surface area contributed by atoms with Crippen LogP contribution in [0.25, 0.3) is 0 Å². The van der Waals surface area contributed by atoms with E-state index in [2.05, 4.69) is 14.8 Å². The van der Waals surface area contributed by atoms with Crippen molar-refractivity contribution in [2.24, 2.45) is 0 Å². The van der Waals surface area contributed by atoms with Crippen LogP contribution in [0.1, 0.15) is 10.4 Å². The summed E-state index contributed by atoms with van der Waals surface area (Å²) in [7, 11) is -1.28. The van der Waals surface area contributed by atoms with Gasteiger partial charge in [-0.2, -0.15) is 0 Å². The highest BCUT2D eigenvalue weighted by atomic mass is 32.2. The summed E-state index contributed by atoms with van der Waals surface area (Å²) in [5, 5.41) is 11.8. The summed E-state index contributed by atoms with van der Waals surface area (Å²) in [5.74, 6) is -0.0643. The number of nitrogens with one attached hydrogen (secondary N) is 2. The molecule has 0 heterocycles. The third-order valence-electron chi connectivity index (χ3n) is 3.46. The maximum absolute atomic E-state index is 12.8. The van der Waals surface area contributed by atoms with Crippen LogP contribution in [0, 0.1) is 0 Å². The third-order valence-corrected chi connectivity index (χ3v) is 4.88. The number of hydrogen-bond acceptors (Lipinski definition) is 7. The van der Waals surface area contributed by atoms with E-state index in [1.54, 1.807) is 24.3 Å². The maximum atomic E-state index is 12.8. The first-order chi connectivity index (χ1) is 12.4. The van der Waals surface area contributed by atoms with Gasteiger partial charge in [0.1, 0.15) is 10.6 Å². The van der Waals surface area contributed by atoms with Crippen molar-refractivity contribution in [3.8, 4) is 5.75 Å². The number of rotatable bonds is 8. The van der Waals surface area contributed by atoms with Gasteiger partial charge in [0.05, 0.1) is 32.1 Å². The van der Waals surface area contributed by atoms with Crippen molar-refractivity contribution in [1.82, 2.24) is 0 Å². The van der Waals surface area contributed by atoms with Crippen molar-refractivity contribution in [3.63, 3.8) is 0 Å². The van der Waals surface area contributed by atoms with Gasteiger partial charge < -0.3 is 19.9 Å². The van der Waals surface area contributed by atoms with E-state index in [0.29, 0.717) is 11.4 Å². The fraction of sp³-hybridized carbons (Fsp3) is 0.235. The van der Waals surface area contributed by atoms with E-state index < -0.39 is 16.0 Å². The molecule has 3 N–H and O–H groups in total. The minimum atomic E-state index is -4.00. The Morgan fingerprint density at radius 3 is 2.38 bits per heavy atom. The monoisotopic (exact) mass is 380 g/mol. The molecule has 140 valence electrons. The molecule has 0 saturated heterocycles. The molecule has 2 aromatic carbocycles. The van der Waals surface area contributed by atoms with Gasteiger partial charge in [0.2, 0.25) is 0 Å². The first kappa shape index (κ1) is 19.5. The molecule has 0 aliphatic carbocycles. The number of methoxy groups -OCH3 is 2. The number of ether oxygens (including phenoxy) is 2. The highest BCUT2D eigenvalue weighted by molar-refractivity contribution is 7.92. The molecule has 8 nitrogen and oxygen atoms in total. The van der Waals surface area contributed by atoms with Gasteiger partial charge >= 0.3 is 5.97 Å². The summed E-state index contributed by atoms with van der Waals surface area (Å²) in [6.45, 7) is -0.0211. The van der Waals surface area contributed by atoms with Crippen molar-refractivity contribution in [3.05, 3.63) is 48.0 Å². The van der Waals surface area contributed by atoms with Crippen LogP contribution in [0.4, 0.5) is 11.4 Å². The van der Waals surface area contributed by atoms with E-state index in [4.69, 9.17) is 9.84 Å². The van der Waals surface area contributed by atoms with Crippen LogP contribution in [-0.4, -0.2) is 46.9 Å². The summed E-state index contributed by atoms with van der Waals surface area (Å²) in [6.07, 6.45) is 0. The molecule has 2 aromatic rings. The second kappa shape index (κ2) is 8.54. The van der Waals surface area contributed by atoms with Crippen LogP contribution in [0.15, 0.2) is 47.4 Å². The third kappa shape index (κ3) is 4.64. The summed E-state index contributed by atoms with van der Waals surface area (Å²) < 4.78 is 37.7. The first-order valence-electron chi connectivity index (χ1n) is 7.65. The Hall–Kier alpha value is -2.78. The number of hydrogen-bond donors (Lipinski definition) is 3. The van der Waals surface area contributed by atoms with Crippen LogP contribution >= 0.6 is 0 Å². The Balaban J connectivity index is 2.41. The number of aliphatic hydroxyl groups excluding tert-OH is 1. The Morgan fingerprint density at radius 2 is 1.81 bits per heavy atom. The van der Waals surface area contributed by atoms with Gasteiger partial charge in [0.15, 0.2) is 0 Å². The molecule has 0 radical (unpaired) electrons. The topological polar surface area (TPSA) is 114 Å². The quantitative estimate of drug-likeness (QED) is 0.597. The lowest BCUT2D eigenvalue weighted by molar-refractivity contribution is 0.0600. The van der Waals surface area contributed by atoms with E-state index in [9.17, 15) is 13.2 Å². The molecule has 0 bridgehead atoms. The van der Waals surface area contributed by atoms with E-state index >= 15 is 0 Å². The molecular formula is C17H20N2O6S. The second-order valence-electron chi connectivity index (χ2n) is 5.19. The van der Waals surface area contributed by atoms with Gasteiger partial charge in [-0.05, 0) is 42.5 Å². The predicted octanol–water partition coefficient (Wildman–Crippen LogP) is 1.69. The molecule has 9 heteroatoms. The van der Waals surface area contributed by atoms with E-state index in [0.717, 1.165) is 0 Å². The highest BCUT2D eigenvalue weighted by Gasteiger charge is 2.21. The predicted molar refractivity (Wildman–Crippen MR) is 97.2 cm³/mol. The molecule has 0 spiro atoms. The van der Waals surface area contributed by atoms with Gasteiger partial charge in [-0.15, -0.1) is 0 Å². The molecule has 0 saturated carbocycles. The largest absolute Gasteiger partial charge is 0.497 e. The van der Waals surface area contributed by atoms with Gasteiger partial charge in [-0.1, -0.05) is 0 Å². The number of sulfonamides is 1. The molecule has 26 heavy (non-hydrogen) atoms. The molecular weight excluding hydrogens is 360 g/mol. The van der Waals surface area contributed by atoms with Crippen LogP contribution in [-0.2, 0) is 14.8 Å². The van der Waals surface area contributed by atoms with Crippen LogP contribution in [0.3, 0.4) is 0 Å². The average molecular weight is 380 g/mol. The summed E-state index contributed by atoms with van der Waals surface area (Å²) in [5.41, 5.74) is 0.687. The molecule has 0 aliphatic rings. The Bertz CT molecular complexity index is 865. The minimum Gasteiger partial charge on any atom is -0.497 e. The minimum absolute atomic E-state index is 0.0946. The standard InChI is InChI=1S/C17H20N2O6S/c1-24-14-6-4-13(5-7-14)19-26(22,23)16-11-12(17(21)25-2)3-8-15(16)18-9-10-20/h3-8,11,18-20H,9-10H2,1-2H3. The number of aliphatic hydroxyl groups is 1. The van der Waals surface area contributed by atoms with Crippen LogP contribution < -0.4 is 14.8 Å². The number of carbonyl (C=O) groups excluding carboxylic acids is 1. The average Bonchev–Trinajstić information content (AvgIpc) is 2.65. The number of carbonyl (C=O) groups is 1. The van der Waals surface area contributed by atoms with Crippen molar-refractivity contribution >= 4 is 27.4 Å². The Labute approximate surface area is 151 Å². The number of esters is 1. The van der Waals surface area contributed by atoms with Gasteiger partial charge in [0, 0.05) is 12.2 Å². The smallest absolute Gasteiger partial charge is 0.337 e. The fourth-order valence-corrected chi connectivity index (χ4v) is 3.46. The molecule has 2 rings (SSSR count). The van der Waals surface area contributed by atoms with Gasteiger partial charge in [-0.3, -0.25) is 4.72 Å². The van der Waals surface area contributed by atoms with Crippen molar-refractivity contribution in [2.75, 3.05) is 37.4 Å². The summed E-state index contributed by atoms with van der Waals surface area (Å²) >= 11 is 0. The molecule has 0 aromatic heterocycles. The lowest BCUT2D eigenvalue weighted by Crippen LogP contribution is -2.17. The number of anilines is 2.